The number of aromatic nitrogens is 2. The molecule has 1 heterocycles. The number of rotatable bonds is 5. The Labute approximate surface area is 143 Å². The van der Waals surface area contributed by atoms with Crippen molar-refractivity contribution in [2.75, 3.05) is 19.1 Å². The van der Waals surface area contributed by atoms with Crippen molar-refractivity contribution in [1.82, 2.24) is 9.55 Å². The van der Waals surface area contributed by atoms with Crippen LogP contribution in [0.5, 0.6) is 5.75 Å². The van der Waals surface area contributed by atoms with E-state index in [2.05, 4.69) is 4.98 Å². The zero-order valence-electron chi connectivity index (χ0n) is 14.1. The number of imidazole rings is 1. The van der Waals surface area contributed by atoms with Gasteiger partial charge in [-0.15, -0.1) is 0 Å². The van der Waals surface area contributed by atoms with Gasteiger partial charge in [0.15, 0.2) is 0 Å². The van der Waals surface area contributed by atoms with Crippen LogP contribution in [0.3, 0.4) is 0 Å². The molecule has 3 aromatic rings. The number of methoxy groups -OCH3 is 1. The van der Waals surface area contributed by atoms with Gasteiger partial charge in [0.1, 0.15) is 17.3 Å². The summed E-state index contributed by atoms with van der Waals surface area (Å²) in [6, 6.07) is 10.1. The molecule has 3 rings (SSSR count). The molecule has 0 saturated carbocycles. The van der Waals surface area contributed by atoms with Gasteiger partial charge in [-0.3, -0.25) is 10.1 Å². The third-order valence-electron chi connectivity index (χ3n) is 4.10. The number of halogens is 1. The minimum atomic E-state index is -0.934. The van der Waals surface area contributed by atoms with Crippen LogP contribution in [0.4, 0.5) is 15.8 Å². The molecular formula is C17H17FN4O3. The molecular weight excluding hydrogens is 327 g/mol. The fourth-order valence-corrected chi connectivity index (χ4v) is 2.78. The van der Waals surface area contributed by atoms with Gasteiger partial charge in [0, 0.05) is 26.2 Å². The topological polar surface area (TPSA) is 73.4 Å². The van der Waals surface area contributed by atoms with Crippen molar-refractivity contribution >= 4 is 22.4 Å². The monoisotopic (exact) mass is 344 g/mol. The summed E-state index contributed by atoms with van der Waals surface area (Å²) in [4.78, 5) is 16.7. The van der Waals surface area contributed by atoms with Gasteiger partial charge in [0.05, 0.1) is 29.6 Å². The average Bonchev–Trinajstić information content (AvgIpc) is 2.90. The number of ether oxygens (including phenoxy) is 1. The van der Waals surface area contributed by atoms with Gasteiger partial charge in [-0.05, 0) is 12.1 Å². The molecule has 0 amide bonds. The fraction of sp³-hybridized carbons (Fsp3) is 0.235. The van der Waals surface area contributed by atoms with Crippen LogP contribution in [0, 0.1) is 15.9 Å². The number of hydrogen-bond acceptors (Lipinski definition) is 5. The minimum Gasteiger partial charge on any atom is -0.497 e. The molecule has 1 aromatic heterocycles. The first-order chi connectivity index (χ1) is 11.9. The molecule has 0 spiro atoms. The lowest BCUT2D eigenvalue weighted by Gasteiger charge is -2.19. The zero-order chi connectivity index (χ0) is 18.1. The van der Waals surface area contributed by atoms with Crippen LogP contribution >= 0.6 is 0 Å². The van der Waals surface area contributed by atoms with Crippen LogP contribution in [0.2, 0.25) is 0 Å². The molecule has 8 heteroatoms. The second kappa shape index (κ2) is 6.39. The highest BCUT2D eigenvalue weighted by Gasteiger charge is 2.25. The summed E-state index contributed by atoms with van der Waals surface area (Å²) in [5, 5.41) is 11.3. The first-order valence-electron chi connectivity index (χ1n) is 7.55. The largest absolute Gasteiger partial charge is 0.497 e. The van der Waals surface area contributed by atoms with Gasteiger partial charge < -0.3 is 14.2 Å². The highest BCUT2D eigenvalue weighted by Crippen LogP contribution is 2.35. The van der Waals surface area contributed by atoms with E-state index in [1.807, 2.05) is 35.9 Å². The second-order valence-electron chi connectivity index (χ2n) is 5.67. The molecule has 0 N–H and O–H groups in total. The number of benzene rings is 2. The maximum atomic E-state index is 14.1. The Morgan fingerprint density at radius 2 is 2.08 bits per heavy atom. The first-order valence-corrected chi connectivity index (χ1v) is 7.55. The molecule has 0 aliphatic rings. The third kappa shape index (κ3) is 2.98. The van der Waals surface area contributed by atoms with Crippen molar-refractivity contribution in [2.24, 2.45) is 7.05 Å². The van der Waals surface area contributed by atoms with Gasteiger partial charge in [0.25, 0.3) is 0 Å². The Balaban J connectivity index is 2.02. The molecule has 0 atom stereocenters. The summed E-state index contributed by atoms with van der Waals surface area (Å²) >= 11 is 0. The Morgan fingerprint density at radius 3 is 2.72 bits per heavy atom. The van der Waals surface area contributed by atoms with Gasteiger partial charge >= 0.3 is 5.69 Å². The van der Waals surface area contributed by atoms with Crippen LogP contribution < -0.4 is 9.64 Å². The highest BCUT2D eigenvalue weighted by molar-refractivity contribution is 5.76. The SMILES string of the molecule is COc1cc(F)c([N+](=O)[O-])c(N(C)Cc2nc3ccccc3n2C)c1. The van der Waals surface area contributed by atoms with Crippen LogP contribution in [0.15, 0.2) is 36.4 Å². The second-order valence-corrected chi connectivity index (χ2v) is 5.67. The summed E-state index contributed by atoms with van der Waals surface area (Å²) in [5.41, 5.74) is 1.34. The number of fused-ring (bicyclic) bond motifs is 1. The van der Waals surface area contributed by atoms with Crippen molar-refractivity contribution in [3.63, 3.8) is 0 Å². The average molecular weight is 344 g/mol. The predicted octanol–water partition coefficient (Wildman–Crippen LogP) is 3.27. The number of nitrogens with zero attached hydrogens (tertiary/aromatic N) is 4. The maximum absolute atomic E-state index is 14.1. The van der Waals surface area contributed by atoms with E-state index < -0.39 is 16.4 Å². The van der Waals surface area contributed by atoms with E-state index in [1.54, 1.807) is 11.9 Å². The predicted molar refractivity (Wildman–Crippen MR) is 92.4 cm³/mol. The van der Waals surface area contributed by atoms with Gasteiger partial charge in [0.2, 0.25) is 5.82 Å². The van der Waals surface area contributed by atoms with Crippen molar-refractivity contribution in [1.29, 1.82) is 0 Å². The normalized spacial score (nSPS) is 10.9. The molecule has 0 bridgehead atoms. The van der Waals surface area contributed by atoms with E-state index in [0.717, 1.165) is 17.1 Å². The zero-order valence-corrected chi connectivity index (χ0v) is 14.1. The van der Waals surface area contributed by atoms with E-state index in [9.17, 15) is 14.5 Å². The summed E-state index contributed by atoms with van der Waals surface area (Å²) in [5.74, 6) is -0.00706. The molecule has 0 fully saturated rings. The Hall–Kier alpha value is -3.16. The Bertz CT molecular complexity index is 954. The molecule has 0 aliphatic carbocycles. The van der Waals surface area contributed by atoms with Crippen LogP contribution in [0.25, 0.3) is 11.0 Å². The molecule has 7 nitrogen and oxygen atoms in total. The van der Waals surface area contributed by atoms with Crippen molar-refractivity contribution < 1.29 is 14.1 Å². The Kier molecular flexibility index (Phi) is 4.26. The van der Waals surface area contributed by atoms with Crippen molar-refractivity contribution in [2.45, 2.75) is 6.54 Å². The first kappa shape index (κ1) is 16.7. The van der Waals surface area contributed by atoms with E-state index in [1.165, 1.54) is 13.2 Å². The lowest BCUT2D eigenvalue weighted by atomic mass is 10.2. The van der Waals surface area contributed by atoms with Crippen molar-refractivity contribution in [3.05, 3.63) is 58.2 Å². The van der Waals surface area contributed by atoms with E-state index in [4.69, 9.17) is 4.74 Å². The smallest absolute Gasteiger partial charge is 0.328 e. The quantitative estimate of drug-likeness (QED) is 0.525. The lowest BCUT2D eigenvalue weighted by molar-refractivity contribution is -0.386. The number of nitro groups is 1. The molecule has 0 aliphatic heterocycles. The Morgan fingerprint density at radius 1 is 1.36 bits per heavy atom. The fourth-order valence-electron chi connectivity index (χ4n) is 2.78. The summed E-state index contributed by atoms with van der Waals surface area (Å²) in [6.45, 7) is 0.276. The molecule has 130 valence electrons. The number of para-hydroxylation sites is 2. The molecule has 25 heavy (non-hydrogen) atoms. The molecule has 0 unspecified atom stereocenters. The van der Waals surface area contributed by atoms with Gasteiger partial charge in [-0.2, -0.15) is 4.39 Å². The van der Waals surface area contributed by atoms with Gasteiger partial charge in [-0.25, -0.2) is 4.98 Å². The van der Waals surface area contributed by atoms with Crippen molar-refractivity contribution in [3.8, 4) is 5.75 Å². The maximum Gasteiger partial charge on any atom is 0.328 e. The minimum absolute atomic E-state index is 0.133. The summed E-state index contributed by atoms with van der Waals surface area (Å²) < 4.78 is 21.1. The van der Waals surface area contributed by atoms with Crippen LogP contribution in [-0.2, 0) is 13.6 Å². The standard InChI is InChI=1S/C17H17FN4O3/c1-20(10-16-19-13-6-4-5-7-14(13)21(16)2)15-9-11(25-3)8-12(18)17(15)22(23)24/h4-9H,10H2,1-3H3. The van der Waals surface area contributed by atoms with Crippen LogP contribution in [-0.4, -0.2) is 28.6 Å². The van der Waals surface area contributed by atoms with E-state index in [0.29, 0.717) is 5.82 Å². The third-order valence-corrected chi connectivity index (χ3v) is 4.10. The number of aryl methyl sites for hydroxylation is 1. The molecule has 0 radical (unpaired) electrons. The van der Waals surface area contributed by atoms with E-state index in [-0.39, 0.29) is 18.0 Å². The van der Waals surface area contributed by atoms with E-state index >= 15 is 0 Å². The number of nitro benzene ring substituents is 1. The van der Waals surface area contributed by atoms with Gasteiger partial charge in [-0.1, -0.05) is 12.1 Å². The molecule has 0 saturated heterocycles. The van der Waals surface area contributed by atoms with Crippen LogP contribution in [0.1, 0.15) is 5.82 Å². The number of hydrogen-bond donors (Lipinski definition) is 0. The summed E-state index contributed by atoms with van der Waals surface area (Å²) in [6.07, 6.45) is 0. The summed E-state index contributed by atoms with van der Waals surface area (Å²) in [7, 11) is 4.91. The molecule has 2 aromatic carbocycles. The highest BCUT2D eigenvalue weighted by atomic mass is 19.1. The number of anilines is 1. The lowest BCUT2D eigenvalue weighted by Crippen LogP contribution is -2.20.